The Hall–Kier alpha value is -3.60. The van der Waals surface area contributed by atoms with Gasteiger partial charge in [0.05, 0.1) is 10.8 Å². The summed E-state index contributed by atoms with van der Waals surface area (Å²) in [6.45, 7) is 4.55. The summed E-state index contributed by atoms with van der Waals surface area (Å²) < 4.78 is 69.0. The Morgan fingerprint density at radius 2 is 1.71 bits per heavy atom. The second-order valence-electron chi connectivity index (χ2n) is 8.03. The first-order chi connectivity index (χ1) is 16.3. The first-order valence-corrected chi connectivity index (χ1v) is 12.0. The molecule has 0 atom stereocenters. The van der Waals surface area contributed by atoms with Crippen LogP contribution in [0.2, 0.25) is 0 Å². The number of pyridine rings is 1. The number of hydrogen-bond acceptors (Lipinski definition) is 5. The molecule has 0 fully saturated rings. The molecule has 2 aromatic carbocycles. The molecule has 186 valence electrons. The molecule has 35 heavy (non-hydrogen) atoms. The number of halogens is 3. The summed E-state index contributed by atoms with van der Waals surface area (Å²) in [6, 6.07) is 13.1. The van der Waals surface area contributed by atoms with E-state index < -0.39 is 38.6 Å². The van der Waals surface area contributed by atoms with Gasteiger partial charge < -0.3 is 9.50 Å². The predicted octanol–water partition coefficient (Wildman–Crippen LogP) is 4.21. The molecule has 0 saturated carbocycles. The van der Waals surface area contributed by atoms with Crippen molar-refractivity contribution < 1.29 is 30.6 Å². The van der Waals surface area contributed by atoms with Gasteiger partial charge in [-0.1, -0.05) is 18.2 Å². The van der Waals surface area contributed by atoms with E-state index in [1.807, 2.05) is 0 Å². The average molecular weight is 509 g/mol. The van der Waals surface area contributed by atoms with Crippen LogP contribution in [0, 0.1) is 6.92 Å². The Balaban J connectivity index is 1.79. The van der Waals surface area contributed by atoms with Crippen LogP contribution in [-0.2, 0) is 22.8 Å². The number of carbonyl (C=O) groups is 1. The largest absolute Gasteiger partial charge is 0.416 e. The van der Waals surface area contributed by atoms with E-state index in [9.17, 15) is 31.2 Å². The van der Waals surface area contributed by atoms with Crippen molar-refractivity contribution in [3.8, 4) is 11.4 Å². The lowest BCUT2D eigenvalue weighted by molar-refractivity contribution is -0.137. The number of nitrogens with zero attached hydrogens (tertiary/aromatic N) is 1. The number of aromatic nitrogens is 1. The first-order valence-electron chi connectivity index (χ1n) is 10.5. The van der Waals surface area contributed by atoms with E-state index in [0.29, 0.717) is 11.3 Å². The number of amides is 1. The third kappa shape index (κ3) is 6.10. The molecular weight excluding hydrogens is 485 g/mol. The van der Waals surface area contributed by atoms with Gasteiger partial charge in [-0.25, -0.2) is 0 Å². The van der Waals surface area contributed by atoms with Gasteiger partial charge in [-0.2, -0.15) is 21.6 Å². The van der Waals surface area contributed by atoms with Gasteiger partial charge in [-0.05, 0) is 68.8 Å². The summed E-state index contributed by atoms with van der Waals surface area (Å²) in [5.74, 6) is -0.588. The Kier molecular flexibility index (Phi) is 7.39. The number of alkyl halides is 3. The molecule has 1 heterocycles. The fourth-order valence-corrected chi connectivity index (χ4v) is 3.69. The summed E-state index contributed by atoms with van der Waals surface area (Å²) in [4.78, 5) is 25.7. The van der Waals surface area contributed by atoms with Gasteiger partial charge in [0, 0.05) is 17.9 Å². The van der Waals surface area contributed by atoms with Gasteiger partial charge in [0.25, 0.3) is 11.5 Å². The molecule has 0 bridgehead atoms. The molecule has 0 aliphatic heterocycles. The second-order valence-corrected chi connectivity index (χ2v) is 10.1. The van der Waals surface area contributed by atoms with Crippen LogP contribution >= 0.6 is 0 Å². The van der Waals surface area contributed by atoms with E-state index in [0.717, 1.165) is 16.7 Å². The number of nitrogens with one attached hydrogen (secondary N) is 1. The molecular formula is C24H23F3N2O5S. The SMILES string of the molecule is Cc1ccc(C(=O)NCc2ccc(OS(=O)(=O)C(C)C)cc2)c(=O)n1-c1cccc(C(F)(F)F)c1. The summed E-state index contributed by atoms with van der Waals surface area (Å²) in [7, 11) is -3.74. The smallest absolute Gasteiger partial charge is 0.382 e. The number of carbonyl (C=O) groups excluding carboxylic acids is 1. The molecule has 0 unspecified atom stereocenters. The molecule has 1 aromatic heterocycles. The maximum atomic E-state index is 13.1. The minimum absolute atomic E-state index is 0.0103. The molecule has 1 N–H and O–H groups in total. The fraction of sp³-hybridized carbons (Fsp3) is 0.250. The van der Waals surface area contributed by atoms with Gasteiger partial charge in [0.15, 0.2) is 0 Å². The van der Waals surface area contributed by atoms with E-state index in [1.165, 1.54) is 50.2 Å². The summed E-state index contributed by atoms with van der Waals surface area (Å²) in [5.41, 5.74) is -0.954. The zero-order valence-electron chi connectivity index (χ0n) is 19.1. The highest BCUT2D eigenvalue weighted by molar-refractivity contribution is 7.87. The summed E-state index contributed by atoms with van der Waals surface area (Å²) in [5, 5.41) is 1.87. The predicted molar refractivity (Wildman–Crippen MR) is 124 cm³/mol. The summed E-state index contributed by atoms with van der Waals surface area (Å²) in [6.07, 6.45) is -4.58. The highest BCUT2D eigenvalue weighted by Gasteiger charge is 2.30. The van der Waals surface area contributed by atoms with Gasteiger partial charge in [0.1, 0.15) is 11.3 Å². The van der Waals surface area contributed by atoms with Crippen molar-refractivity contribution in [2.45, 2.75) is 38.7 Å². The lowest BCUT2D eigenvalue weighted by atomic mass is 10.1. The van der Waals surface area contributed by atoms with E-state index in [4.69, 9.17) is 4.18 Å². The third-order valence-corrected chi connectivity index (χ3v) is 6.70. The molecule has 0 aliphatic carbocycles. The quantitative estimate of drug-likeness (QED) is 0.483. The van der Waals surface area contributed by atoms with Crippen molar-refractivity contribution in [2.75, 3.05) is 0 Å². The highest BCUT2D eigenvalue weighted by Crippen LogP contribution is 2.30. The van der Waals surface area contributed by atoms with Crippen molar-refractivity contribution in [3.05, 3.63) is 93.4 Å². The van der Waals surface area contributed by atoms with Gasteiger partial charge in [-0.15, -0.1) is 0 Å². The standard InChI is InChI=1S/C24H23F3N2O5S/c1-15(2)35(32,33)34-20-10-8-17(9-11-20)14-28-22(30)21-12-7-16(3)29(23(21)31)19-6-4-5-18(13-19)24(25,26)27/h4-13,15H,14H2,1-3H3,(H,28,30). The number of aryl methyl sites for hydroxylation is 1. The number of hydrogen-bond donors (Lipinski definition) is 1. The van der Waals surface area contributed by atoms with E-state index in [-0.39, 0.29) is 23.5 Å². The van der Waals surface area contributed by atoms with Gasteiger partial charge in [0.2, 0.25) is 0 Å². The Labute approximate surface area is 200 Å². The van der Waals surface area contributed by atoms with Crippen LogP contribution in [0.5, 0.6) is 5.75 Å². The maximum Gasteiger partial charge on any atom is 0.416 e. The van der Waals surface area contributed by atoms with Crippen LogP contribution in [0.3, 0.4) is 0 Å². The monoisotopic (exact) mass is 508 g/mol. The zero-order chi connectivity index (χ0) is 26.0. The number of rotatable bonds is 7. The molecule has 3 aromatic rings. The Bertz CT molecular complexity index is 1400. The maximum absolute atomic E-state index is 13.1. The minimum Gasteiger partial charge on any atom is -0.382 e. The van der Waals surface area contributed by atoms with Crippen LogP contribution in [-0.4, -0.2) is 24.1 Å². The van der Waals surface area contributed by atoms with Crippen LogP contribution in [0.25, 0.3) is 5.69 Å². The van der Waals surface area contributed by atoms with Gasteiger partial charge in [-0.3, -0.25) is 14.2 Å². The number of benzene rings is 2. The molecule has 11 heteroatoms. The van der Waals surface area contributed by atoms with E-state index >= 15 is 0 Å². The lowest BCUT2D eigenvalue weighted by Gasteiger charge is -2.14. The molecule has 3 rings (SSSR count). The van der Waals surface area contributed by atoms with Crippen LogP contribution < -0.4 is 15.1 Å². The zero-order valence-corrected chi connectivity index (χ0v) is 19.9. The lowest BCUT2D eigenvalue weighted by Crippen LogP contribution is -2.33. The van der Waals surface area contributed by atoms with Crippen molar-refractivity contribution in [1.29, 1.82) is 0 Å². The Morgan fingerprint density at radius 3 is 2.31 bits per heavy atom. The average Bonchev–Trinajstić information content (AvgIpc) is 2.78. The Morgan fingerprint density at radius 1 is 1.06 bits per heavy atom. The molecule has 7 nitrogen and oxygen atoms in total. The van der Waals surface area contributed by atoms with Crippen LogP contribution in [0.4, 0.5) is 13.2 Å². The van der Waals surface area contributed by atoms with Crippen molar-refractivity contribution >= 4 is 16.0 Å². The van der Waals surface area contributed by atoms with E-state index in [2.05, 4.69) is 5.32 Å². The highest BCUT2D eigenvalue weighted by atomic mass is 32.2. The fourth-order valence-electron chi connectivity index (χ4n) is 3.12. The first kappa shape index (κ1) is 26.0. The minimum atomic E-state index is -4.58. The van der Waals surface area contributed by atoms with E-state index in [1.54, 1.807) is 19.1 Å². The van der Waals surface area contributed by atoms with Crippen LogP contribution in [0.1, 0.15) is 41.0 Å². The third-order valence-electron chi connectivity index (χ3n) is 5.12. The van der Waals surface area contributed by atoms with Crippen molar-refractivity contribution in [1.82, 2.24) is 9.88 Å². The molecule has 0 spiro atoms. The molecule has 0 aliphatic rings. The summed E-state index contributed by atoms with van der Waals surface area (Å²) >= 11 is 0. The second kappa shape index (κ2) is 9.95. The van der Waals surface area contributed by atoms with Crippen molar-refractivity contribution in [3.63, 3.8) is 0 Å². The molecule has 0 saturated heterocycles. The van der Waals surface area contributed by atoms with Crippen molar-refractivity contribution in [2.24, 2.45) is 0 Å². The van der Waals surface area contributed by atoms with Gasteiger partial charge >= 0.3 is 16.3 Å². The van der Waals surface area contributed by atoms with Crippen LogP contribution in [0.15, 0.2) is 65.5 Å². The topological polar surface area (TPSA) is 94.5 Å². The molecule has 1 amide bonds. The normalized spacial score (nSPS) is 12.0. The molecule has 0 radical (unpaired) electrons.